The molecule has 1 aromatic heterocycles. The molecule has 0 aliphatic heterocycles. The average molecular weight is 276 g/mol. The van der Waals surface area contributed by atoms with Crippen LogP contribution in [0.25, 0.3) is 10.9 Å². The molecule has 1 unspecified atom stereocenters. The zero-order valence-electron chi connectivity index (χ0n) is 9.90. The summed E-state index contributed by atoms with van der Waals surface area (Å²) < 4.78 is 13.9. The van der Waals surface area contributed by atoms with Crippen molar-refractivity contribution < 1.29 is 9.50 Å². The van der Waals surface area contributed by atoms with Crippen LogP contribution in [0.4, 0.5) is 4.39 Å². The number of H-pyrrole nitrogens is 1. The van der Waals surface area contributed by atoms with Crippen LogP contribution in [0, 0.1) is 5.82 Å². The largest absolute Gasteiger partial charge is 0.384 e. The summed E-state index contributed by atoms with van der Waals surface area (Å²) in [6.07, 6.45) is 0.791. The molecular formula is C15H11ClFNO. The lowest BCUT2D eigenvalue weighted by Crippen LogP contribution is -2.02. The van der Waals surface area contributed by atoms with Gasteiger partial charge in [0, 0.05) is 17.3 Å². The molecule has 4 heteroatoms. The fourth-order valence-electron chi connectivity index (χ4n) is 2.15. The first kappa shape index (κ1) is 12.2. The Morgan fingerprint density at radius 1 is 1.16 bits per heavy atom. The van der Waals surface area contributed by atoms with Crippen LogP contribution in [-0.4, -0.2) is 10.1 Å². The zero-order chi connectivity index (χ0) is 13.4. The molecule has 0 spiro atoms. The van der Waals surface area contributed by atoms with Gasteiger partial charge in [-0.3, -0.25) is 0 Å². The Morgan fingerprint density at radius 3 is 2.84 bits per heavy atom. The Hall–Kier alpha value is -1.84. The standard InChI is InChI=1S/C15H11ClFNO/c16-12-3-1-2-11(14(12)17)15(19)10-4-5-13-9(8-10)6-7-18-13/h1-8,15,18-19H. The molecule has 96 valence electrons. The second-order valence-electron chi connectivity index (χ2n) is 4.37. The zero-order valence-corrected chi connectivity index (χ0v) is 10.7. The first-order valence-electron chi connectivity index (χ1n) is 5.86. The van der Waals surface area contributed by atoms with Gasteiger partial charge in [-0.15, -0.1) is 0 Å². The minimum absolute atomic E-state index is 0.0132. The molecule has 0 saturated carbocycles. The molecule has 3 rings (SSSR count). The molecule has 0 bridgehead atoms. The molecule has 2 aromatic carbocycles. The van der Waals surface area contributed by atoms with E-state index in [2.05, 4.69) is 4.98 Å². The highest BCUT2D eigenvalue weighted by Crippen LogP contribution is 2.29. The molecular weight excluding hydrogens is 265 g/mol. The third kappa shape index (κ3) is 2.11. The molecule has 0 radical (unpaired) electrons. The number of nitrogens with one attached hydrogen (secondary N) is 1. The lowest BCUT2D eigenvalue weighted by Gasteiger charge is -2.13. The Kier molecular flexibility index (Phi) is 3.01. The van der Waals surface area contributed by atoms with Gasteiger partial charge in [-0.05, 0) is 35.2 Å². The van der Waals surface area contributed by atoms with Gasteiger partial charge in [0.25, 0.3) is 0 Å². The summed E-state index contributed by atoms with van der Waals surface area (Å²) in [6.45, 7) is 0. The van der Waals surface area contributed by atoms with Crippen molar-refractivity contribution in [2.45, 2.75) is 6.10 Å². The highest BCUT2D eigenvalue weighted by Gasteiger charge is 2.17. The predicted octanol–water partition coefficient (Wildman–Crippen LogP) is 4.04. The summed E-state index contributed by atoms with van der Waals surface area (Å²) in [4.78, 5) is 3.07. The van der Waals surface area contributed by atoms with Crippen molar-refractivity contribution in [2.24, 2.45) is 0 Å². The van der Waals surface area contributed by atoms with Crippen LogP contribution in [0.1, 0.15) is 17.2 Å². The predicted molar refractivity (Wildman–Crippen MR) is 73.8 cm³/mol. The van der Waals surface area contributed by atoms with E-state index in [0.717, 1.165) is 10.9 Å². The fraction of sp³-hybridized carbons (Fsp3) is 0.0667. The van der Waals surface area contributed by atoms with Crippen LogP contribution in [0.2, 0.25) is 5.02 Å². The summed E-state index contributed by atoms with van der Waals surface area (Å²) in [5.41, 5.74) is 1.79. The molecule has 1 heterocycles. The van der Waals surface area contributed by atoms with E-state index >= 15 is 0 Å². The molecule has 1 atom stereocenters. The summed E-state index contributed by atoms with van der Waals surface area (Å²) in [5, 5.41) is 11.3. The summed E-state index contributed by atoms with van der Waals surface area (Å²) in [5.74, 6) is -0.578. The maximum Gasteiger partial charge on any atom is 0.147 e. The van der Waals surface area contributed by atoms with Crippen LogP contribution >= 0.6 is 11.6 Å². The molecule has 19 heavy (non-hydrogen) atoms. The van der Waals surface area contributed by atoms with E-state index < -0.39 is 11.9 Å². The molecule has 2 N–H and O–H groups in total. The van der Waals surface area contributed by atoms with Gasteiger partial charge in [0.15, 0.2) is 0 Å². The third-order valence-corrected chi connectivity index (χ3v) is 3.46. The van der Waals surface area contributed by atoms with Crippen LogP contribution in [-0.2, 0) is 0 Å². The summed E-state index contributed by atoms with van der Waals surface area (Å²) in [7, 11) is 0. The van der Waals surface area contributed by atoms with Gasteiger partial charge >= 0.3 is 0 Å². The summed E-state index contributed by atoms with van der Waals surface area (Å²) in [6, 6.07) is 12.0. The van der Waals surface area contributed by atoms with Gasteiger partial charge in [-0.1, -0.05) is 29.8 Å². The van der Waals surface area contributed by atoms with Gasteiger partial charge in [-0.2, -0.15) is 0 Å². The van der Waals surface area contributed by atoms with Crippen molar-refractivity contribution in [1.82, 2.24) is 4.98 Å². The molecule has 0 aliphatic rings. The van der Waals surface area contributed by atoms with Crippen molar-refractivity contribution >= 4 is 22.5 Å². The molecule has 0 aliphatic carbocycles. The number of aliphatic hydroxyl groups excluding tert-OH is 1. The Bertz CT molecular complexity index is 738. The van der Waals surface area contributed by atoms with Crippen molar-refractivity contribution in [3.05, 3.63) is 70.6 Å². The van der Waals surface area contributed by atoms with E-state index in [1.165, 1.54) is 12.1 Å². The van der Waals surface area contributed by atoms with Crippen LogP contribution in [0.15, 0.2) is 48.7 Å². The number of rotatable bonds is 2. The number of aromatic nitrogens is 1. The Labute approximate surface area is 114 Å². The number of benzene rings is 2. The smallest absolute Gasteiger partial charge is 0.147 e. The second kappa shape index (κ2) is 4.68. The number of halogens is 2. The molecule has 0 saturated heterocycles. The average Bonchev–Trinajstić information content (AvgIpc) is 2.88. The quantitative estimate of drug-likeness (QED) is 0.727. The molecule has 0 fully saturated rings. The highest BCUT2D eigenvalue weighted by atomic mass is 35.5. The number of aliphatic hydroxyl groups is 1. The number of hydrogen-bond acceptors (Lipinski definition) is 1. The highest BCUT2D eigenvalue weighted by molar-refractivity contribution is 6.30. The maximum atomic E-state index is 13.9. The minimum Gasteiger partial charge on any atom is -0.384 e. The van der Waals surface area contributed by atoms with E-state index in [0.29, 0.717) is 5.56 Å². The molecule has 0 amide bonds. The van der Waals surface area contributed by atoms with Crippen molar-refractivity contribution in [2.75, 3.05) is 0 Å². The minimum atomic E-state index is -1.03. The van der Waals surface area contributed by atoms with Gasteiger partial charge in [0.1, 0.15) is 11.9 Å². The van der Waals surface area contributed by atoms with Crippen LogP contribution in [0.5, 0.6) is 0 Å². The SMILES string of the molecule is OC(c1ccc2[nH]ccc2c1)c1cccc(Cl)c1F. The lowest BCUT2D eigenvalue weighted by molar-refractivity contribution is 0.215. The van der Waals surface area contributed by atoms with E-state index in [4.69, 9.17) is 11.6 Å². The first-order chi connectivity index (χ1) is 9.16. The lowest BCUT2D eigenvalue weighted by atomic mass is 10.00. The second-order valence-corrected chi connectivity index (χ2v) is 4.78. The maximum absolute atomic E-state index is 13.9. The van der Waals surface area contributed by atoms with E-state index in [1.54, 1.807) is 12.1 Å². The Balaban J connectivity index is 2.07. The van der Waals surface area contributed by atoms with E-state index in [-0.39, 0.29) is 10.6 Å². The number of fused-ring (bicyclic) bond motifs is 1. The topological polar surface area (TPSA) is 36.0 Å². The third-order valence-electron chi connectivity index (χ3n) is 3.17. The van der Waals surface area contributed by atoms with Gasteiger partial charge < -0.3 is 10.1 Å². The first-order valence-corrected chi connectivity index (χ1v) is 6.23. The normalized spacial score (nSPS) is 12.8. The molecule has 3 aromatic rings. The van der Waals surface area contributed by atoms with Crippen molar-refractivity contribution in [1.29, 1.82) is 0 Å². The number of hydrogen-bond donors (Lipinski definition) is 2. The van der Waals surface area contributed by atoms with E-state index in [9.17, 15) is 9.50 Å². The molecule has 2 nitrogen and oxygen atoms in total. The van der Waals surface area contributed by atoms with Crippen molar-refractivity contribution in [3.8, 4) is 0 Å². The van der Waals surface area contributed by atoms with Crippen LogP contribution < -0.4 is 0 Å². The van der Waals surface area contributed by atoms with Gasteiger partial charge in [0.05, 0.1) is 5.02 Å². The number of aromatic amines is 1. The summed E-state index contributed by atoms with van der Waals surface area (Å²) >= 11 is 5.73. The van der Waals surface area contributed by atoms with Crippen molar-refractivity contribution in [3.63, 3.8) is 0 Å². The van der Waals surface area contributed by atoms with E-state index in [1.807, 2.05) is 24.4 Å². The Morgan fingerprint density at radius 2 is 2.00 bits per heavy atom. The fourth-order valence-corrected chi connectivity index (χ4v) is 2.33. The van der Waals surface area contributed by atoms with Gasteiger partial charge in [-0.25, -0.2) is 4.39 Å². The monoisotopic (exact) mass is 275 g/mol. The van der Waals surface area contributed by atoms with Gasteiger partial charge in [0.2, 0.25) is 0 Å². The van der Waals surface area contributed by atoms with Crippen LogP contribution in [0.3, 0.4) is 0 Å².